The van der Waals surface area contributed by atoms with Gasteiger partial charge in [0, 0.05) is 0 Å². The van der Waals surface area contributed by atoms with Crippen molar-refractivity contribution in [2.75, 3.05) is 0 Å². The van der Waals surface area contributed by atoms with Crippen LogP contribution in [0.2, 0.25) is 0 Å². The number of carbonyl (C=O) groups excluding carboxylic acids is 1. The lowest BCUT2D eigenvalue weighted by Crippen LogP contribution is -2.32. The van der Waals surface area contributed by atoms with Crippen LogP contribution in [-0.4, -0.2) is 18.4 Å². The highest BCUT2D eigenvalue weighted by atomic mass is 16.7. The summed E-state index contributed by atoms with van der Waals surface area (Å²) < 4.78 is 11.6. The van der Waals surface area contributed by atoms with Gasteiger partial charge < -0.3 is 9.47 Å². The van der Waals surface area contributed by atoms with Crippen LogP contribution in [0.15, 0.2) is 0 Å². The molecule has 0 aromatic carbocycles. The quantitative estimate of drug-likeness (QED) is 0.329. The third-order valence-electron chi connectivity index (χ3n) is 10.5. The fraction of sp³-hybridized carbons (Fsp3) is 0.968. The van der Waals surface area contributed by atoms with E-state index in [1.807, 2.05) is 0 Å². The van der Waals surface area contributed by atoms with Gasteiger partial charge in [0.15, 0.2) is 0 Å². The summed E-state index contributed by atoms with van der Waals surface area (Å²) in [6, 6.07) is 0. The number of hydrogen-bond donors (Lipinski definition) is 0. The van der Waals surface area contributed by atoms with Crippen LogP contribution in [0.3, 0.4) is 0 Å². The largest absolute Gasteiger partial charge is 0.508 e. The van der Waals surface area contributed by atoms with Crippen molar-refractivity contribution in [3.05, 3.63) is 0 Å². The third kappa shape index (κ3) is 7.63. The van der Waals surface area contributed by atoms with Gasteiger partial charge in [-0.25, -0.2) is 4.79 Å². The molecular formula is C31H54O3. The van der Waals surface area contributed by atoms with Crippen molar-refractivity contribution in [3.63, 3.8) is 0 Å². The summed E-state index contributed by atoms with van der Waals surface area (Å²) in [7, 11) is 0. The number of carbonyl (C=O) groups is 1. The lowest BCUT2D eigenvalue weighted by Gasteiger charge is -2.38. The van der Waals surface area contributed by atoms with Crippen LogP contribution in [0.5, 0.6) is 0 Å². The van der Waals surface area contributed by atoms with E-state index in [4.69, 9.17) is 9.47 Å². The molecule has 0 saturated heterocycles. The predicted octanol–water partition coefficient (Wildman–Crippen LogP) is 9.47. The van der Waals surface area contributed by atoms with E-state index in [1.165, 1.54) is 103 Å². The van der Waals surface area contributed by atoms with Gasteiger partial charge in [-0.2, -0.15) is 0 Å². The Morgan fingerprint density at radius 1 is 0.500 bits per heavy atom. The molecule has 4 fully saturated rings. The first-order chi connectivity index (χ1) is 16.6. The van der Waals surface area contributed by atoms with Crippen molar-refractivity contribution in [2.24, 2.45) is 35.5 Å². The Balaban J connectivity index is 1.08. The molecule has 0 aromatic heterocycles. The Morgan fingerprint density at radius 2 is 0.794 bits per heavy atom. The highest BCUT2D eigenvalue weighted by Gasteiger charge is 2.34. The molecule has 4 aliphatic rings. The van der Waals surface area contributed by atoms with E-state index in [2.05, 4.69) is 13.8 Å². The van der Waals surface area contributed by atoms with Crippen molar-refractivity contribution in [3.8, 4) is 0 Å². The molecular weight excluding hydrogens is 420 g/mol. The van der Waals surface area contributed by atoms with Crippen LogP contribution in [-0.2, 0) is 9.47 Å². The van der Waals surface area contributed by atoms with Crippen LogP contribution >= 0.6 is 0 Å². The molecule has 34 heavy (non-hydrogen) atoms. The zero-order valence-electron chi connectivity index (χ0n) is 22.5. The van der Waals surface area contributed by atoms with E-state index in [1.54, 1.807) is 0 Å². The summed E-state index contributed by atoms with van der Waals surface area (Å²) in [5, 5.41) is 0. The minimum atomic E-state index is -0.382. The first kappa shape index (κ1) is 26.3. The van der Waals surface area contributed by atoms with Crippen molar-refractivity contribution in [1.29, 1.82) is 0 Å². The Labute approximate surface area is 210 Å². The standard InChI is InChI=1S/C31H54O3/c1-3-5-23-7-11-25(12-8-23)27-15-19-29(20-16-27)33-31(32)34-30-21-17-28(18-22-30)26-13-9-24(6-4-2)10-14-26/h23-30H,3-22H2,1-2H3/t23-,24-,25-,26-,27-,28?,29-,30?. The van der Waals surface area contributed by atoms with Crippen molar-refractivity contribution in [1.82, 2.24) is 0 Å². The van der Waals surface area contributed by atoms with E-state index in [0.29, 0.717) is 0 Å². The summed E-state index contributed by atoms with van der Waals surface area (Å²) in [6.45, 7) is 4.64. The van der Waals surface area contributed by atoms with Gasteiger partial charge >= 0.3 is 6.16 Å². The monoisotopic (exact) mass is 474 g/mol. The number of ether oxygens (including phenoxy) is 2. The normalized spacial score (nSPS) is 39.4. The summed E-state index contributed by atoms with van der Waals surface area (Å²) in [5.74, 6) is 5.57. The number of hydrogen-bond acceptors (Lipinski definition) is 3. The van der Waals surface area contributed by atoms with Crippen LogP contribution in [0.25, 0.3) is 0 Å². The second-order valence-electron chi connectivity index (χ2n) is 12.7. The Morgan fingerprint density at radius 3 is 1.09 bits per heavy atom. The fourth-order valence-electron chi connectivity index (χ4n) is 8.37. The molecule has 0 spiro atoms. The van der Waals surface area contributed by atoms with Gasteiger partial charge in [0.1, 0.15) is 12.2 Å². The molecule has 0 atom stereocenters. The molecule has 0 N–H and O–H groups in total. The molecule has 0 amide bonds. The van der Waals surface area contributed by atoms with Gasteiger partial charge in [0.2, 0.25) is 0 Å². The highest BCUT2D eigenvalue weighted by Crippen LogP contribution is 2.43. The maximum absolute atomic E-state index is 12.5. The molecule has 0 aromatic rings. The molecule has 3 heteroatoms. The highest BCUT2D eigenvalue weighted by molar-refractivity contribution is 5.60. The first-order valence-corrected chi connectivity index (χ1v) is 15.5. The van der Waals surface area contributed by atoms with Crippen LogP contribution in [0, 0.1) is 35.5 Å². The molecule has 0 aliphatic heterocycles. The Hall–Kier alpha value is -0.730. The van der Waals surface area contributed by atoms with Crippen molar-refractivity contribution >= 4 is 6.16 Å². The second-order valence-corrected chi connectivity index (χ2v) is 12.7. The predicted molar refractivity (Wildman–Crippen MR) is 140 cm³/mol. The Kier molecular flexibility index (Phi) is 10.5. The summed E-state index contributed by atoms with van der Waals surface area (Å²) in [4.78, 5) is 12.5. The average molecular weight is 475 g/mol. The van der Waals surface area contributed by atoms with Crippen LogP contribution < -0.4 is 0 Å². The van der Waals surface area contributed by atoms with E-state index >= 15 is 0 Å². The van der Waals surface area contributed by atoms with Gasteiger partial charge in [-0.15, -0.1) is 0 Å². The van der Waals surface area contributed by atoms with E-state index in [-0.39, 0.29) is 18.4 Å². The summed E-state index contributed by atoms with van der Waals surface area (Å²) in [6.07, 6.45) is 26.0. The summed E-state index contributed by atoms with van der Waals surface area (Å²) in [5.41, 5.74) is 0. The molecule has 4 aliphatic carbocycles. The van der Waals surface area contributed by atoms with Gasteiger partial charge in [-0.1, -0.05) is 65.2 Å². The van der Waals surface area contributed by atoms with Crippen LogP contribution in [0.4, 0.5) is 4.79 Å². The van der Waals surface area contributed by atoms with Crippen molar-refractivity contribution in [2.45, 2.75) is 154 Å². The first-order valence-electron chi connectivity index (χ1n) is 15.5. The number of rotatable bonds is 8. The van der Waals surface area contributed by atoms with E-state index < -0.39 is 0 Å². The lowest BCUT2D eigenvalue weighted by atomic mass is 9.70. The zero-order chi connectivity index (χ0) is 23.8. The molecule has 4 saturated carbocycles. The molecule has 0 heterocycles. The average Bonchev–Trinajstić information content (AvgIpc) is 2.86. The molecule has 0 radical (unpaired) electrons. The Bertz CT molecular complexity index is 521. The fourth-order valence-corrected chi connectivity index (χ4v) is 8.37. The maximum Gasteiger partial charge on any atom is 0.508 e. The smallest absolute Gasteiger partial charge is 0.431 e. The zero-order valence-corrected chi connectivity index (χ0v) is 22.5. The van der Waals surface area contributed by atoms with E-state index in [0.717, 1.165) is 61.2 Å². The van der Waals surface area contributed by atoms with Crippen molar-refractivity contribution < 1.29 is 14.3 Å². The molecule has 196 valence electrons. The minimum absolute atomic E-state index is 0.0924. The van der Waals surface area contributed by atoms with Gasteiger partial charge in [0.05, 0.1) is 0 Å². The maximum atomic E-state index is 12.5. The molecule has 0 bridgehead atoms. The molecule has 4 rings (SSSR count). The van der Waals surface area contributed by atoms with Gasteiger partial charge in [-0.05, 0) is 113 Å². The van der Waals surface area contributed by atoms with Crippen LogP contribution in [0.1, 0.15) is 142 Å². The van der Waals surface area contributed by atoms with Gasteiger partial charge in [0.25, 0.3) is 0 Å². The molecule has 0 unspecified atom stereocenters. The lowest BCUT2D eigenvalue weighted by molar-refractivity contribution is -0.0320. The minimum Gasteiger partial charge on any atom is -0.431 e. The SMILES string of the molecule is CCC[C@H]1CC[C@H](C2CCC(OC(=O)O[C@H]3CC[C@H]([C@H]4CC[C@H](CCC)CC4)CC3)CC2)CC1. The van der Waals surface area contributed by atoms with Gasteiger partial charge in [-0.3, -0.25) is 0 Å². The topological polar surface area (TPSA) is 35.5 Å². The third-order valence-corrected chi connectivity index (χ3v) is 10.5. The summed E-state index contributed by atoms with van der Waals surface area (Å²) >= 11 is 0. The van der Waals surface area contributed by atoms with E-state index in [9.17, 15) is 4.79 Å². The second kappa shape index (κ2) is 13.5. The molecule has 3 nitrogen and oxygen atoms in total.